The second-order valence-corrected chi connectivity index (χ2v) is 7.75. The van der Waals surface area contributed by atoms with Crippen LogP contribution in [0.3, 0.4) is 0 Å². The Morgan fingerprint density at radius 1 is 1.38 bits per heavy atom. The number of pyridine rings is 1. The molecule has 0 unspecified atom stereocenters. The van der Waals surface area contributed by atoms with Crippen LogP contribution in [-0.4, -0.2) is 37.8 Å². The Morgan fingerprint density at radius 2 is 2.10 bits per heavy atom. The summed E-state index contributed by atoms with van der Waals surface area (Å²) in [6, 6.07) is 1.73. The highest BCUT2D eigenvalue weighted by molar-refractivity contribution is 7.89. The van der Waals surface area contributed by atoms with E-state index in [1.54, 1.807) is 19.3 Å². The summed E-state index contributed by atoms with van der Waals surface area (Å²) < 4.78 is 27.0. The number of aromatic nitrogens is 1. The van der Waals surface area contributed by atoms with Crippen molar-refractivity contribution in [1.82, 2.24) is 9.29 Å². The van der Waals surface area contributed by atoms with Crippen LogP contribution < -0.4 is 5.32 Å². The van der Waals surface area contributed by atoms with Crippen molar-refractivity contribution in [1.29, 1.82) is 0 Å². The van der Waals surface area contributed by atoms with Gasteiger partial charge in [0.25, 0.3) is 0 Å². The summed E-state index contributed by atoms with van der Waals surface area (Å²) in [6.45, 7) is 3.40. The van der Waals surface area contributed by atoms with E-state index in [0.717, 1.165) is 25.8 Å². The van der Waals surface area contributed by atoms with E-state index in [0.29, 0.717) is 18.2 Å². The van der Waals surface area contributed by atoms with E-state index in [9.17, 15) is 8.42 Å². The molecule has 1 aromatic rings. The van der Waals surface area contributed by atoms with E-state index < -0.39 is 10.0 Å². The molecular weight excluding hydrogens is 286 g/mol. The Labute approximate surface area is 127 Å². The number of nitrogens with one attached hydrogen (secondary N) is 1. The van der Waals surface area contributed by atoms with Crippen LogP contribution in [0.5, 0.6) is 0 Å². The van der Waals surface area contributed by atoms with Gasteiger partial charge in [-0.1, -0.05) is 19.8 Å². The van der Waals surface area contributed by atoms with Gasteiger partial charge in [-0.05, 0) is 31.2 Å². The molecule has 0 atom stereocenters. The zero-order valence-electron chi connectivity index (χ0n) is 12.9. The van der Waals surface area contributed by atoms with Gasteiger partial charge in [-0.2, -0.15) is 0 Å². The van der Waals surface area contributed by atoms with E-state index in [1.165, 1.54) is 23.3 Å². The lowest BCUT2D eigenvalue weighted by molar-refractivity contribution is 0.387. The first-order valence-electron chi connectivity index (χ1n) is 7.70. The Kier molecular flexibility index (Phi) is 5.58. The molecule has 1 aliphatic carbocycles. The normalized spacial score (nSPS) is 16.5. The Hall–Kier alpha value is -1.14. The topological polar surface area (TPSA) is 62.3 Å². The molecule has 21 heavy (non-hydrogen) atoms. The van der Waals surface area contributed by atoms with Crippen LogP contribution in [0.25, 0.3) is 0 Å². The molecule has 0 aliphatic heterocycles. The molecule has 118 valence electrons. The van der Waals surface area contributed by atoms with Crippen LogP contribution in [0.2, 0.25) is 0 Å². The van der Waals surface area contributed by atoms with Gasteiger partial charge in [-0.25, -0.2) is 12.7 Å². The fourth-order valence-electron chi connectivity index (χ4n) is 2.81. The van der Waals surface area contributed by atoms with Crippen molar-refractivity contribution >= 4 is 15.7 Å². The van der Waals surface area contributed by atoms with E-state index in [-0.39, 0.29) is 4.90 Å². The third-order valence-corrected chi connectivity index (χ3v) is 5.88. The van der Waals surface area contributed by atoms with Crippen LogP contribution in [0.4, 0.5) is 5.69 Å². The highest BCUT2D eigenvalue weighted by Crippen LogP contribution is 2.28. The molecule has 6 heteroatoms. The monoisotopic (exact) mass is 311 g/mol. The fourth-order valence-corrected chi connectivity index (χ4v) is 4.17. The molecule has 0 saturated heterocycles. The maximum absolute atomic E-state index is 12.7. The number of hydrogen-bond acceptors (Lipinski definition) is 4. The van der Waals surface area contributed by atoms with Crippen molar-refractivity contribution in [2.24, 2.45) is 5.92 Å². The second-order valence-electron chi connectivity index (χ2n) is 5.73. The molecule has 1 saturated carbocycles. The van der Waals surface area contributed by atoms with Crippen LogP contribution in [0, 0.1) is 5.92 Å². The molecule has 1 heterocycles. The third kappa shape index (κ3) is 3.95. The average molecular weight is 311 g/mol. The highest BCUT2D eigenvalue weighted by Gasteiger charge is 2.27. The zero-order chi connectivity index (χ0) is 15.3. The highest BCUT2D eigenvalue weighted by atomic mass is 32.2. The van der Waals surface area contributed by atoms with Crippen molar-refractivity contribution in [2.45, 2.75) is 43.9 Å². The van der Waals surface area contributed by atoms with E-state index in [1.807, 2.05) is 0 Å². The van der Waals surface area contributed by atoms with Gasteiger partial charge in [0.1, 0.15) is 4.90 Å². The van der Waals surface area contributed by atoms with Gasteiger partial charge in [0.2, 0.25) is 10.0 Å². The Morgan fingerprint density at radius 3 is 2.76 bits per heavy atom. The molecule has 0 radical (unpaired) electrons. The first-order valence-corrected chi connectivity index (χ1v) is 9.14. The number of nitrogens with zero attached hydrogens (tertiary/aromatic N) is 2. The van der Waals surface area contributed by atoms with E-state index in [4.69, 9.17) is 0 Å². The fraction of sp³-hybridized carbons (Fsp3) is 0.667. The summed E-state index contributed by atoms with van der Waals surface area (Å²) in [5, 5.41) is 3.17. The van der Waals surface area contributed by atoms with Gasteiger partial charge >= 0.3 is 0 Å². The van der Waals surface area contributed by atoms with Gasteiger partial charge in [-0.15, -0.1) is 0 Å². The lowest BCUT2D eigenvalue weighted by Gasteiger charge is -2.22. The molecule has 1 aromatic heterocycles. The standard InChI is InChI=1S/C15H25N3O2S/c1-3-9-17-14-8-10-16-11-15(14)21(19,20)18(2)12-13-6-4-5-7-13/h8,10-11,13H,3-7,9,12H2,1-2H3,(H,16,17). The Bertz CT molecular complexity index is 554. The summed E-state index contributed by atoms with van der Waals surface area (Å²) in [7, 11) is -1.81. The zero-order valence-corrected chi connectivity index (χ0v) is 13.7. The smallest absolute Gasteiger partial charge is 0.246 e. The van der Waals surface area contributed by atoms with Crippen molar-refractivity contribution < 1.29 is 8.42 Å². The lowest BCUT2D eigenvalue weighted by atomic mass is 10.1. The number of rotatable bonds is 7. The first kappa shape index (κ1) is 16.2. The SMILES string of the molecule is CCCNc1ccncc1S(=O)(=O)N(C)CC1CCCC1. The maximum atomic E-state index is 12.7. The summed E-state index contributed by atoms with van der Waals surface area (Å²) in [4.78, 5) is 4.26. The molecule has 0 aromatic carbocycles. The predicted octanol–water partition coefficient (Wildman–Crippen LogP) is 2.71. The van der Waals surface area contributed by atoms with Crippen molar-refractivity contribution in [3.05, 3.63) is 18.5 Å². The Balaban J connectivity index is 2.17. The van der Waals surface area contributed by atoms with Gasteiger partial charge < -0.3 is 5.32 Å². The van der Waals surface area contributed by atoms with Crippen LogP contribution in [0.15, 0.2) is 23.4 Å². The van der Waals surface area contributed by atoms with Gasteiger partial charge in [0.05, 0.1) is 5.69 Å². The summed E-state index contributed by atoms with van der Waals surface area (Å²) in [5.41, 5.74) is 0.644. The van der Waals surface area contributed by atoms with Crippen molar-refractivity contribution in [3.63, 3.8) is 0 Å². The minimum atomic E-state index is -3.48. The molecule has 1 N–H and O–H groups in total. The predicted molar refractivity (Wildman–Crippen MR) is 84.8 cm³/mol. The quantitative estimate of drug-likeness (QED) is 0.841. The first-order chi connectivity index (χ1) is 10.1. The van der Waals surface area contributed by atoms with Crippen molar-refractivity contribution in [3.8, 4) is 0 Å². The van der Waals surface area contributed by atoms with Crippen LogP contribution in [0.1, 0.15) is 39.0 Å². The van der Waals surface area contributed by atoms with Gasteiger partial charge in [-0.3, -0.25) is 4.98 Å². The lowest BCUT2D eigenvalue weighted by Crippen LogP contribution is -2.31. The summed E-state index contributed by atoms with van der Waals surface area (Å²) >= 11 is 0. The van der Waals surface area contributed by atoms with Gasteiger partial charge in [0.15, 0.2) is 0 Å². The third-order valence-electron chi connectivity index (χ3n) is 4.03. The maximum Gasteiger partial charge on any atom is 0.246 e. The molecule has 0 amide bonds. The largest absolute Gasteiger partial charge is 0.384 e. The molecular formula is C15H25N3O2S. The van der Waals surface area contributed by atoms with Crippen LogP contribution in [-0.2, 0) is 10.0 Å². The molecule has 0 bridgehead atoms. The minimum absolute atomic E-state index is 0.277. The number of hydrogen-bond donors (Lipinski definition) is 1. The van der Waals surface area contributed by atoms with E-state index in [2.05, 4.69) is 17.2 Å². The van der Waals surface area contributed by atoms with Crippen molar-refractivity contribution in [2.75, 3.05) is 25.5 Å². The molecule has 2 rings (SSSR count). The van der Waals surface area contributed by atoms with E-state index >= 15 is 0 Å². The second kappa shape index (κ2) is 7.22. The summed E-state index contributed by atoms with van der Waals surface area (Å²) in [6.07, 6.45) is 8.71. The minimum Gasteiger partial charge on any atom is -0.384 e. The number of sulfonamides is 1. The molecule has 5 nitrogen and oxygen atoms in total. The van der Waals surface area contributed by atoms with Crippen LogP contribution >= 0.6 is 0 Å². The van der Waals surface area contributed by atoms with Gasteiger partial charge in [0, 0.05) is 32.5 Å². The molecule has 1 aliphatic rings. The average Bonchev–Trinajstić information content (AvgIpc) is 2.98. The molecule has 0 spiro atoms. The molecule has 1 fully saturated rings. The summed E-state index contributed by atoms with van der Waals surface area (Å²) in [5.74, 6) is 0.494. The number of anilines is 1.